The van der Waals surface area contributed by atoms with Crippen molar-refractivity contribution in [1.82, 2.24) is 10.2 Å². The number of amides is 2. The van der Waals surface area contributed by atoms with Crippen LogP contribution in [0.2, 0.25) is 5.02 Å². The third-order valence-electron chi connectivity index (χ3n) is 3.80. The van der Waals surface area contributed by atoms with Crippen LogP contribution in [0.15, 0.2) is 60.0 Å². The summed E-state index contributed by atoms with van der Waals surface area (Å²) in [6.45, 7) is 0.324. The Morgan fingerprint density at radius 3 is 2.60 bits per heavy atom. The van der Waals surface area contributed by atoms with Crippen molar-refractivity contribution < 1.29 is 9.59 Å². The maximum Gasteiger partial charge on any atom is 0.240 e. The Balaban J connectivity index is 1.68. The number of benzene rings is 2. The van der Waals surface area contributed by atoms with Crippen LogP contribution in [0.4, 0.5) is 0 Å². The van der Waals surface area contributed by atoms with Crippen molar-refractivity contribution in [3.63, 3.8) is 0 Å². The van der Waals surface area contributed by atoms with E-state index in [1.165, 1.54) is 16.7 Å². The molecule has 128 valence electrons. The molecule has 3 rings (SSSR count). The second-order valence-electron chi connectivity index (χ2n) is 5.53. The van der Waals surface area contributed by atoms with Crippen molar-refractivity contribution in [3.8, 4) is 0 Å². The van der Waals surface area contributed by atoms with Crippen LogP contribution in [0.5, 0.6) is 0 Å². The highest BCUT2D eigenvalue weighted by atomic mass is 35.5. The largest absolute Gasteiger partial charge is 0.350 e. The third kappa shape index (κ3) is 4.44. The molecule has 1 aliphatic rings. The van der Waals surface area contributed by atoms with Crippen LogP contribution in [0.1, 0.15) is 11.1 Å². The summed E-state index contributed by atoms with van der Waals surface area (Å²) in [5.74, 6) is 0.0509. The van der Waals surface area contributed by atoms with E-state index in [0.29, 0.717) is 17.3 Å². The monoisotopic (exact) mass is 372 g/mol. The molecule has 1 aliphatic heterocycles. The van der Waals surface area contributed by atoms with E-state index in [0.717, 1.165) is 16.8 Å². The number of hydrogen-bond donors (Lipinski definition) is 1. The van der Waals surface area contributed by atoms with Gasteiger partial charge in [0, 0.05) is 11.6 Å². The molecule has 1 N–H and O–H groups in total. The highest BCUT2D eigenvalue weighted by Crippen LogP contribution is 2.27. The molecule has 1 heterocycles. The standard InChI is InChI=1S/C19H17ClN2O2S/c20-16-9-5-4-8-15(16)10-21-18(23)11-22-17(12-25-13-19(22)24)14-6-2-1-3-7-14/h1-9,12H,10-11,13H2,(H,21,23). The molecular weight excluding hydrogens is 356 g/mol. The Hall–Kier alpha value is -2.24. The van der Waals surface area contributed by atoms with E-state index in [9.17, 15) is 9.59 Å². The Labute approximate surface area is 155 Å². The summed E-state index contributed by atoms with van der Waals surface area (Å²) >= 11 is 7.54. The fraction of sp³-hybridized carbons (Fsp3) is 0.158. The number of rotatable bonds is 5. The van der Waals surface area contributed by atoms with Gasteiger partial charge in [-0.05, 0) is 22.6 Å². The molecule has 2 aromatic rings. The molecule has 0 bridgehead atoms. The van der Waals surface area contributed by atoms with Gasteiger partial charge in [0.05, 0.1) is 11.4 Å². The number of nitrogens with one attached hydrogen (secondary N) is 1. The van der Waals surface area contributed by atoms with Gasteiger partial charge in [0.2, 0.25) is 11.8 Å². The average Bonchev–Trinajstić information content (AvgIpc) is 2.63. The summed E-state index contributed by atoms with van der Waals surface area (Å²) in [6.07, 6.45) is 0. The van der Waals surface area contributed by atoms with Crippen LogP contribution >= 0.6 is 23.4 Å². The highest BCUT2D eigenvalue weighted by molar-refractivity contribution is 8.03. The topological polar surface area (TPSA) is 49.4 Å². The van der Waals surface area contributed by atoms with Crippen LogP contribution in [-0.2, 0) is 16.1 Å². The minimum Gasteiger partial charge on any atom is -0.350 e. The molecule has 6 heteroatoms. The third-order valence-corrected chi connectivity index (χ3v) is 4.97. The lowest BCUT2D eigenvalue weighted by Gasteiger charge is -2.28. The number of carbonyl (C=O) groups excluding carboxylic acids is 2. The Bertz CT molecular complexity index is 808. The molecule has 0 aromatic heterocycles. The van der Waals surface area contributed by atoms with E-state index in [4.69, 9.17) is 11.6 Å². The van der Waals surface area contributed by atoms with Gasteiger partial charge in [-0.15, -0.1) is 11.8 Å². The molecule has 0 atom stereocenters. The summed E-state index contributed by atoms with van der Waals surface area (Å²) in [7, 11) is 0. The predicted molar refractivity (Wildman–Crippen MR) is 102 cm³/mol. The highest BCUT2D eigenvalue weighted by Gasteiger charge is 2.25. The molecule has 0 unspecified atom stereocenters. The molecule has 0 fully saturated rings. The summed E-state index contributed by atoms with van der Waals surface area (Å²) < 4.78 is 0. The first-order valence-electron chi connectivity index (χ1n) is 7.83. The summed E-state index contributed by atoms with van der Waals surface area (Å²) in [6, 6.07) is 17.0. The molecule has 0 saturated heterocycles. The van der Waals surface area contributed by atoms with Gasteiger partial charge in [0.1, 0.15) is 6.54 Å². The van der Waals surface area contributed by atoms with E-state index in [1.54, 1.807) is 6.07 Å². The lowest BCUT2D eigenvalue weighted by molar-refractivity contribution is -0.131. The molecule has 2 amide bonds. The molecule has 25 heavy (non-hydrogen) atoms. The molecule has 0 spiro atoms. The number of halogens is 1. The summed E-state index contributed by atoms with van der Waals surface area (Å²) in [4.78, 5) is 26.2. The van der Waals surface area contributed by atoms with Gasteiger partial charge in [-0.3, -0.25) is 9.59 Å². The van der Waals surface area contributed by atoms with Crippen LogP contribution in [-0.4, -0.2) is 29.0 Å². The zero-order valence-corrected chi connectivity index (χ0v) is 15.0. The van der Waals surface area contributed by atoms with Gasteiger partial charge < -0.3 is 10.2 Å². The van der Waals surface area contributed by atoms with Gasteiger partial charge in [-0.1, -0.05) is 60.1 Å². The molecule has 0 saturated carbocycles. The van der Waals surface area contributed by atoms with E-state index >= 15 is 0 Å². The molecule has 4 nitrogen and oxygen atoms in total. The Kier molecular flexibility index (Phi) is 5.79. The van der Waals surface area contributed by atoms with Crippen molar-refractivity contribution in [2.75, 3.05) is 12.3 Å². The van der Waals surface area contributed by atoms with E-state index in [1.807, 2.05) is 53.9 Å². The first-order valence-corrected chi connectivity index (χ1v) is 9.25. The van der Waals surface area contributed by atoms with Crippen LogP contribution in [0.3, 0.4) is 0 Å². The fourth-order valence-corrected chi connectivity index (χ4v) is 3.51. The van der Waals surface area contributed by atoms with Gasteiger partial charge in [-0.25, -0.2) is 0 Å². The smallest absolute Gasteiger partial charge is 0.240 e. The van der Waals surface area contributed by atoms with E-state index < -0.39 is 0 Å². The summed E-state index contributed by atoms with van der Waals surface area (Å²) in [5.41, 5.74) is 2.52. The zero-order chi connectivity index (χ0) is 17.6. The maximum absolute atomic E-state index is 12.3. The van der Waals surface area contributed by atoms with Crippen LogP contribution in [0.25, 0.3) is 5.70 Å². The maximum atomic E-state index is 12.3. The number of nitrogens with zero attached hydrogens (tertiary/aromatic N) is 1. The van der Waals surface area contributed by atoms with Gasteiger partial charge >= 0.3 is 0 Å². The normalized spacial score (nSPS) is 14.2. The van der Waals surface area contributed by atoms with Gasteiger partial charge in [0.15, 0.2) is 0 Å². The Morgan fingerprint density at radius 1 is 1.12 bits per heavy atom. The lowest BCUT2D eigenvalue weighted by Crippen LogP contribution is -2.41. The minimum atomic E-state index is -0.220. The molecule has 0 aliphatic carbocycles. The lowest BCUT2D eigenvalue weighted by atomic mass is 10.1. The predicted octanol–water partition coefficient (Wildman–Crippen LogP) is 3.53. The quantitative estimate of drug-likeness (QED) is 0.873. The Morgan fingerprint density at radius 2 is 1.84 bits per heavy atom. The number of carbonyl (C=O) groups is 2. The number of thioether (sulfide) groups is 1. The molecule has 0 radical (unpaired) electrons. The van der Waals surface area contributed by atoms with Crippen molar-refractivity contribution >= 4 is 40.9 Å². The molecular formula is C19H17ClN2O2S. The van der Waals surface area contributed by atoms with Crippen molar-refractivity contribution in [3.05, 3.63) is 76.2 Å². The van der Waals surface area contributed by atoms with Crippen molar-refractivity contribution in [1.29, 1.82) is 0 Å². The fourth-order valence-electron chi connectivity index (χ4n) is 2.51. The second kappa shape index (κ2) is 8.23. The summed E-state index contributed by atoms with van der Waals surface area (Å²) in [5, 5.41) is 5.37. The second-order valence-corrected chi connectivity index (χ2v) is 6.79. The zero-order valence-electron chi connectivity index (χ0n) is 13.4. The van der Waals surface area contributed by atoms with Crippen molar-refractivity contribution in [2.24, 2.45) is 0 Å². The van der Waals surface area contributed by atoms with E-state index in [2.05, 4.69) is 5.32 Å². The SMILES string of the molecule is O=C(CN1C(=O)CSC=C1c1ccccc1)NCc1ccccc1Cl. The van der Waals surface area contributed by atoms with Gasteiger partial charge in [-0.2, -0.15) is 0 Å². The van der Waals surface area contributed by atoms with Crippen LogP contribution < -0.4 is 5.32 Å². The minimum absolute atomic E-state index is 0.00935. The van der Waals surface area contributed by atoms with Crippen molar-refractivity contribution in [2.45, 2.75) is 6.54 Å². The first kappa shape index (κ1) is 17.6. The average molecular weight is 373 g/mol. The molecule has 2 aromatic carbocycles. The number of hydrogen-bond acceptors (Lipinski definition) is 3. The first-order chi connectivity index (χ1) is 12.1. The van der Waals surface area contributed by atoms with E-state index in [-0.39, 0.29) is 18.4 Å². The van der Waals surface area contributed by atoms with Crippen LogP contribution in [0, 0.1) is 0 Å². The van der Waals surface area contributed by atoms with Gasteiger partial charge in [0.25, 0.3) is 0 Å².